The zero-order valence-electron chi connectivity index (χ0n) is 16.5. The highest BCUT2D eigenvalue weighted by Crippen LogP contribution is 2.20. The van der Waals surface area contributed by atoms with Crippen LogP contribution in [0, 0.1) is 0 Å². The molecule has 30 heavy (non-hydrogen) atoms. The molecular formula is C21H18N2O6S. The number of carbonyl (C=O) groups excluding carboxylic acids is 4. The molecule has 0 saturated carbocycles. The Bertz CT molecular complexity index is 1220. The zero-order chi connectivity index (χ0) is 21.8. The van der Waals surface area contributed by atoms with Crippen molar-refractivity contribution in [2.24, 2.45) is 4.99 Å². The molecule has 0 aliphatic carbocycles. The Hall–Kier alpha value is -3.59. The van der Waals surface area contributed by atoms with Crippen molar-refractivity contribution in [3.8, 4) is 0 Å². The second kappa shape index (κ2) is 8.83. The summed E-state index contributed by atoms with van der Waals surface area (Å²) in [6, 6.07) is 11.0. The fraction of sp³-hybridized carbons (Fsp3) is 0.190. The lowest BCUT2D eigenvalue weighted by atomic mass is 10.1. The molecule has 0 aliphatic rings. The number of hydrogen-bond donors (Lipinski definition) is 0. The maximum atomic E-state index is 12.7. The number of nitrogens with zero attached hydrogens (tertiary/aromatic N) is 2. The van der Waals surface area contributed by atoms with Crippen LogP contribution in [0.15, 0.2) is 47.5 Å². The van der Waals surface area contributed by atoms with Gasteiger partial charge in [0.15, 0.2) is 10.6 Å². The number of thiazole rings is 1. The number of amides is 1. The summed E-state index contributed by atoms with van der Waals surface area (Å²) in [6.45, 7) is 1.29. The van der Waals surface area contributed by atoms with Crippen molar-refractivity contribution in [3.05, 3.63) is 64.0 Å². The molecule has 154 valence electrons. The summed E-state index contributed by atoms with van der Waals surface area (Å²) in [5.74, 6) is -1.63. The smallest absolute Gasteiger partial charge is 0.337 e. The van der Waals surface area contributed by atoms with Crippen LogP contribution in [0.4, 0.5) is 0 Å². The Labute approximate surface area is 175 Å². The number of aromatic nitrogens is 1. The number of ether oxygens (including phenoxy) is 2. The van der Waals surface area contributed by atoms with Gasteiger partial charge in [-0.1, -0.05) is 23.5 Å². The molecule has 3 aromatic rings. The average Bonchev–Trinajstić information content (AvgIpc) is 3.08. The average molecular weight is 426 g/mol. The Kier molecular flexibility index (Phi) is 6.22. The van der Waals surface area contributed by atoms with E-state index in [1.165, 1.54) is 33.3 Å². The van der Waals surface area contributed by atoms with E-state index in [4.69, 9.17) is 9.47 Å². The minimum Gasteiger partial charge on any atom is -0.468 e. The molecule has 9 heteroatoms. The SMILES string of the molecule is COC(=O)Cn1c(=NC(=O)c2ccc(C(C)=O)cc2)sc2cc(C(=O)OC)ccc21. The number of Topliss-reactive ketones (excluding diaryl/α,β-unsaturated/α-hetero) is 1. The van der Waals surface area contributed by atoms with Gasteiger partial charge in [0, 0.05) is 11.1 Å². The molecular weight excluding hydrogens is 408 g/mol. The third-order valence-electron chi connectivity index (χ3n) is 4.35. The Morgan fingerprint density at radius 3 is 2.17 bits per heavy atom. The van der Waals surface area contributed by atoms with Crippen molar-refractivity contribution in [2.75, 3.05) is 14.2 Å². The number of rotatable bonds is 5. The molecule has 0 bridgehead atoms. The standard InChI is InChI=1S/C21H18N2O6S/c1-12(24)13-4-6-14(7-5-13)19(26)22-21-23(11-18(25)28-2)16-9-8-15(20(27)29-3)10-17(16)30-21/h4-10H,11H2,1-3H3. The summed E-state index contributed by atoms with van der Waals surface area (Å²) in [5.41, 5.74) is 1.76. The molecule has 1 aromatic heterocycles. The van der Waals surface area contributed by atoms with Gasteiger partial charge in [-0.15, -0.1) is 0 Å². The Balaban J connectivity index is 2.10. The third kappa shape index (κ3) is 4.36. The predicted octanol–water partition coefficient (Wildman–Crippen LogP) is 2.61. The van der Waals surface area contributed by atoms with Gasteiger partial charge in [-0.2, -0.15) is 4.99 Å². The molecule has 0 fully saturated rings. The maximum absolute atomic E-state index is 12.7. The molecule has 0 unspecified atom stereocenters. The molecule has 0 spiro atoms. The van der Waals surface area contributed by atoms with E-state index in [1.807, 2.05) is 0 Å². The molecule has 0 aliphatic heterocycles. The fourth-order valence-corrected chi connectivity index (χ4v) is 3.82. The lowest BCUT2D eigenvalue weighted by Crippen LogP contribution is -2.22. The highest BCUT2D eigenvalue weighted by molar-refractivity contribution is 7.16. The van der Waals surface area contributed by atoms with Crippen molar-refractivity contribution < 1.29 is 28.7 Å². The molecule has 0 radical (unpaired) electrons. The minimum atomic E-state index is -0.525. The van der Waals surface area contributed by atoms with E-state index in [1.54, 1.807) is 34.9 Å². The highest BCUT2D eigenvalue weighted by Gasteiger charge is 2.15. The van der Waals surface area contributed by atoms with Gasteiger partial charge in [0.05, 0.1) is 30.0 Å². The lowest BCUT2D eigenvalue weighted by molar-refractivity contribution is -0.141. The summed E-state index contributed by atoms with van der Waals surface area (Å²) in [5, 5.41) is 0. The number of hydrogen-bond acceptors (Lipinski definition) is 7. The van der Waals surface area contributed by atoms with Crippen LogP contribution in [-0.2, 0) is 20.8 Å². The van der Waals surface area contributed by atoms with Gasteiger partial charge in [0.1, 0.15) is 6.54 Å². The van der Waals surface area contributed by atoms with Crippen LogP contribution in [0.5, 0.6) is 0 Å². The first-order valence-corrected chi connectivity index (χ1v) is 9.64. The number of carbonyl (C=O) groups is 4. The van der Waals surface area contributed by atoms with Gasteiger partial charge in [-0.3, -0.25) is 14.4 Å². The maximum Gasteiger partial charge on any atom is 0.337 e. The van der Waals surface area contributed by atoms with Crippen molar-refractivity contribution in [1.82, 2.24) is 4.57 Å². The Morgan fingerprint density at radius 2 is 1.57 bits per heavy atom. The number of benzene rings is 2. The van der Waals surface area contributed by atoms with Gasteiger partial charge in [-0.05, 0) is 37.3 Å². The van der Waals surface area contributed by atoms with Gasteiger partial charge >= 0.3 is 11.9 Å². The van der Waals surface area contributed by atoms with Crippen molar-refractivity contribution in [2.45, 2.75) is 13.5 Å². The van der Waals surface area contributed by atoms with Crippen LogP contribution < -0.4 is 4.80 Å². The number of esters is 2. The number of fused-ring (bicyclic) bond motifs is 1. The summed E-state index contributed by atoms with van der Waals surface area (Å²) in [7, 11) is 2.56. The van der Waals surface area contributed by atoms with Crippen LogP contribution >= 0.6 is 11.3 Å². The van der Waals surface area contributed by atoms with Crippen LogP contribution in [0.25, 0.3) is 10.2 Å². The molecule has 0 N–H and O–H groups in total. The normalized spacial score (nSPS) is 11.4. The summed E-state index contributed by atoms with van der Waals surface area (Å²) in [4.78, 5) is 52.2. The van der Waals surface area contributed by atoms with E-state index in [9.17, 15) is 19.2 Å². The second-order valence-electron chi connectivity index (χ2n) is 6.27. The summed E-state index contributed by atoms with van der Waals surface area (Å²) in [6.07, 6.45) is 0. The van der Waals surface area contributed by atoms with Crippen molar-refractivity contribution in [1.29, 1.82) is 0 Å². The van der Waals surface area contributed by atoms with Gasteiger partial charge in [0.25, 0.3) is 5.91 Å². The third-order valence-corrected chi connectivity index (χ3v) is 5.40. The topological polar surface area (TPSA) is 104 Å². The Morgan fingerprint density at radius 1 is 0.933 bits per heavy atom. The molecule has 2 aromatic carbocycles. The van der Waals surface area contributed by atoms with Crippen LogP contribution in [0.2, 0.25) is 0 Å². The highest BCUT2D eigenvalue weighted by atomic mass is 32.1. The number of methoxy groups -OCH3 is 2. The molecule has 8 nitrogen and oxygen atoms in total. The van der Waals surface area contributed by atoms with Crippen LogP contribution in [-0.4, -0.2) is 42.4 Å². The monoisotopic (exact) mass is 426 g/mol. The second-order valence-corrected chi connectivity index (χ2v) is 7.28. The van der Waals surface area contributed by atoms with Crippen LogP contribution in [0.1, 0.15) is 38.0 Å². The first-order valence-electron chi connectivity index (χ1n) is 8.82. The summed E-state index contributed by atoms with van der Waals surface area (Å²) < 4.78 is 11.7. The first-order chi connectivity index (χ1) is 14.3. The predicted molar refractivity (Wildman–Crippen MR) is 110 cm³/mol. The molecule has 0 atom stereocenters. The van der Waals surface area contributed by atoms with E-state index >= 15 is 0 Å². The minimum absolute atomic E-state index is 0.104. The van der Waals surface area contributed by atoms with Gasteiger partial charge < -0.3 is 14.0 Å². The molecule has 0 saturated heterocycles. The zero-order valence-corrected chi connectivity index (χ0v) is 17.3. The summed E-state index contributed by atoms with van der Waals surface area (Å²) >= 11 is 1.16. The van der Waals surface area contributed by atoms with E-state index in [0.717, 1.165) is 11.3 Å². The first kappa shape index (κ1) is 21.1. The molecule has 1 amide bonds. The fourth-order valence-electron chi connectivity index (χ4n) is 2.75. The largest absolute Gasteiger partial charge is 0.468 e. The van der Waals surface area contributed by atoms with Crippen molar-refractivity contribution in [3.63, 3.8) is 0 Å². The van der Waals surface area contributed by atoms with Crippen LogP contribution in [0.3, 0.4) is 0 Å². The number of ketones is 1. The van der Waals surface area contributed by atoms with Gasteiger partial charge in [0.2, 0.25) is 0 Å². The van der Waals surface area contributed by atoms with E-state index in [0.29, 0.717) is 26.9 Å². The quantitative estimate of drug-likeness (QED) is 0.459. The van der Waals surface area contributed by atoms with Crippen molar-refractivity contribution >= 4 is 45.2 Å². The van der Waals surface area contributed by atoms with Gasteiger partial charge in [-0.25, -0.2) is 4.79 Å². The van der Waals surface area contributed by atoms with E-state index < -0.39 is 17.8 Å². The van der Waals surface area contributed by atoms with E-state index in [2.05, 4.69) is 4.99 Å². The van der Waals surface area contributed by atoms with E-state index in [-0.39, 0.29) is 17.1 Å². The molecule has 1 heterocycles. The lowest BCUT2D eigenvalue weighted by Gasteiger charge is -2.04. The molecule has 3 rings (SSSR count).